The third-order valence-electron chi connectivity index (χ3n) is 2.55. The highest BCUT2D eigenvalue weighted by Crippen LogP contribution is 2.53. The van der Waals surface area contributed by atoms with Crippen molar-refractivity contribution in [3.8, 4) is 0 Å². The molecule has 0 aliphatic heterocycles. The molecule has 0 aromatic carbocycles. The van der Waals surface area contributed by atoms with Gasteiger partial charge in [-0.2, -0.15) is 0 Å². The zero-order valence-electron chi connectivity index (χ0n) is 7.63. The summed E-state index contributed by atoms with van der Waals surface area (Å²) in [5.41, 5.74) is -0.763. The normalized spacial score (nSPS) is 20.6. The van der Waals surface area contributed by atoms with Crippen molar-refractivity contribution in [3.63, 3.8) is 0 Å². The third kappa shape index (κ3) is 1.78. The number of hydrogen-bond donors (Lipinski definition) is 2. The van der Waals surface area contributed by atoms with Gasteiger partial charge in [0.25, 0.3) is 0 Å². The fourth-order valence-corrected chi connectivity index (χ4v) is 1.59. The van der Waals surface area contributed by atoms with Crippen LogP contribution in [0.4, 0.5) is 0 Å². The molecule has 0 radical (unpaired) electrons. The predicted molar refractivity (Wildman–Crippen MR) is 44.8 cm³/mol. The van der Waals surface area contributed by atoms with Crippen molar-refractivity contribution < 1.29 is 15.0 Å². The van der Waals surface area contributed by atoms with Gasteiger partial charge >= 0.3 is 5.97 Å². The van der Waals surface area contributed by atoms with Gasteiger partial charge in [-0.15, -0.1) is 0 Å². The standard InChI is InChI=1S/C9H16O3/c1-8(2,6-10)5-9(3-4-9)7(11)12/h10H,3-6H2,1-2H3,(H,11,12). The quantitative estimate of drug-likeness (QED) is 0.671. The van der Waals surface area contributed by atoms with Gasteiger partial charge in [0.2, 0.25) is 0 Å². The van der Waals surface area contributed by atoms with E-state index < -0.39 is 11.4 Å². The van der Waals surface area contributed by atoms with Crippen LogP contribution in [-0.2, 0) is 4.79 Å². The topological polar surface area (TPSA) is 57.5 Å². The Hall–Kier alpha value is -0.570. The second kappa shape index (κ2) is 2.73. The van der Waals surface area contributed by atoms with E-state index in [4.69, 9.17) is 10.2 Å². The Kier molecular flexibility index (Phi) is 2.17. The molecule has 3 nitrogen and oxygen atoms in total. The van der Waals surface area contributed by atoms with Crippen LogP contribution in [0.2, 0.25) is 0 Å². The summed E-state index contributed by atoms with van der Waals surface area (Å²) in [4.78, 5) is 10.8. The molecular formula is C9H16O3. The molecule has 3 heteroatoms. The zero-order chi connectivity index (χ0) is 9.41. The number of aliphatic carboxylic acids is 1. The predicted octanol–water partition coefficient (Wildman–Crippen LogP) is 1.26. The van der Waals surface area contributed by atoms with Crippen LogP contribution in [0, 0.1) is 10.8 Å². The molecular weight excluding hydrogens is 156 g/mol. The second-order valence-electron chi connectivity index (χ2n) is 4.58. The minimum Gasteiger partial charge on any atom is -0.481 e. The highest BCUT2D eigenvalue weighted by molar-refractivity contribution is 5.77. The molecule has 1 aliphatic carbocycles. The van der Waals surface area contributed by atoms with Gasteiger partial charge in [-0.3, -0.25) is 4.79 Å². The van der Waals surface area contributed by atoms with Crippen molar-refractivity contribution in [3.05, 3.63) is 0 Å². The van der Waals surface area contributed by atoms with E-state index in [0.717, 1.165) is 12.8 Å². The SMILES string of the molecule is CC(C)(CO)CC1(C(=O)O)CC1. The first-order chi connectivity index (χ1) is 5.42. The van der Waals surface area contributed by atoms with Crippen LogP contribution >= 0.6 is 0 Å². The fourth-order valence-electron chi connectivity index (χ4n) is 1.59. The molecule has 0 amide bonds. The van der Waals surface area contributed by atoms with Crippen LogP contribution in [0.3, 0.4) is 0 Å². The number of aliphatic hydroxyl groups is 1. The van der Waals surface area contributed by atoms with E-state index in [0.29, 0.717) is 6.42 Å². The Morgan fingerprint density at radius 2 is 2.00 bits per heavy atom. The molecule has 0 atom stereocenters. The highest BCUT2D eigenvalue weighted by Gasteiger charge is 2.52. The van der Waals surface area contributed by atoms with Crippen LogP contribution in [0.5, 0.6) is 0 Å². The Morgan fingerprint density at radius 1 is 1.50 bits per heavy atom. The van der Waals surface area contributed by atoms with E-state index in [1.54, 1.807) is 0 Å². The lowest BCUT2D eigenvalue weighted by Crippen LogP contribution is -2.26. The van der Waals surface area contributed by atoms with E-state index in [9.17, 15) is 4.79 Å². The maximum atomic E-state index is 10.8. The summed E-state index contributed by atoms with van der Waals surface area (Å²) >= 11 is 0. The van der Waals surface area contributed by atoms with Gasteiger partial charge in [-0.05, 0) is 24.7 Å². The lowest BCUT2D eigenvalue weighted by molar-refractivity contribution is -0.144. The Balaban J connectivity index is 2.56. The maximum absolute atomic E-state index is 10.8. The minimum atomic E-state index is -0.705. The average molecular weight is 172 g/mol. The zero-order valence-corrected chi connectivity index (χ0v) is 7.63. The molecule has 1 rings (SSSR count). The lowest BCUT2D eigenvalue weighted by atomic mass is 9.81. The molecule has 0 aromatic rings. The molecule has 1 aliphatic rings. The van der Waals surface area contributed by atoms with E-state index in [1.165, 1.54) is 0 Å². The van der Waals surface area contributed by atoms with Gasteiger partial charge in [0, 0.05) is 6.61 Å². The molecule has 1 saturated carbocycles. The van der Waals surface area contributed by atoms with Crippen molar-refractivity contribution in [2.24, 2.45) is 10.8 Å². The molecule has 0 saturated heterocycles. The van der Waals surface area contributed by atoms with Crippen molar-refractivity contribution in [1.29, 1.82) is 0 Å². The van der Waals surface area contributed by atoms with Crippen LogP contribution in [0.25, 0.3) is 0 Å². The number of rotatable bonds is 4. The Morgan fingerprint density at radius 3 is 2.25 bits per heavy atom. The molecule has 2 N–H and O–H groups in total. The maximum Gasteiger partial charge on any atom is 0.309 e. The Bertz CT molecular complexity index is 192. The van der Waals surface area contributed by atoms with Gasteiger partial charge < -0.3 is 10.2 Å². The average Bonchev–Trinajstić information content (AvgIpc) is 2.69. The fraction of sp³-hybridized carbons (Fsp3) is 0.889. The van der Waals surface area contributed by atoms with Crippen LogP contribution in [-0.4, -0.2) is 22.8 Å². The summed E-state index contributed by atoms with van der Waals surface area (Å²) in [5.74, 6) is -0.705. The van der Waals surface area contributed by atoms with Crippen LogP contribution < -0.4 is 0 Å². The van der Waals surface area contributed by atoms with Crippen molar-refractivity contribution in [2.75, 3.05) is 6.61 Å². The number of carbonyl (C=O) groups is 1. The van der Waals surface area contributed by atoms with Gasteiger partial charge in [-0.25, -0.2) is 0 Å². The summed E-state index contributed by atoms with van der Waals surface area (Å²) in [6, 6.07) is 0. The van der Waals surface area contributed by atoms with E-state index in [1.807, 2.05) is 13.8 Å². The Labute approximate surface area is 72.4 Å². The molecule has 12 heavy (non-hydrogen) atoms. The van der Waals surface area contributed by atoms with Gasteiger partial charge in [0.05, 0.1) is 5.41 Å². The van der Waals surface area contributed by atoms with Gasteiger partial charge in [0.15, 0.2) is 0 Å². The first-order valence-electron chi connectivity index (χ1n) is 4.26. The highest BCUT2D eigenvalue weighted by atomic mass is 16.4. The summed E-state index contributed by atoms with van der Waals surface area (Å²) < 4.78 is 0. The lowest BCUT2D eigenvalue weighted by Gasteiger charge is -2.25. The number of carboxylic acids is 1. The number of hydrogen-bond acceptors (Lipinski definition) is 2. The molecule has 0 spiro atoms. The summed E-state index contributed by atoms with van der Waals surface area (Å²) in [6.07, 6.45) is 2.13. The van der Waals surface area contributed by atoms with E-state index >= 15 is 0 Å². The van der Waals surface area contributed by atoms with Crippen molar-refractivity contribution >= 4 is 5.97 Å². The molecule has 0 bridgehead atoms. The van der Waals surface area contributed by atoms with Crippen molar-refractivity contribution in [2.45, 2.75) is 33.1 Å². The largest absolute Gasteiger partial charge is 0.481 e. The first-order valence-corrected chi connectivity index (χ1v) is 4.26. The molecule has 0 aromatic heterocycles. The molecule has 70 valence electrons. The smallest absolute Gasteiger partial charge is 0.309 e. The summed E-state index contributed by atoms with van der Waals surface area (Å²) in [7, 11) is 0. The summed E-state index contributed by atoms with van der Waals surface area (Å²) in [6.45, 7) is 3.86. The molecule has 0 heterocycles. The monoisotopic (exact) mass is 172 g/mol. The van der Waals surface area contributed by atoms with Crippen molar-refractivity contribution in [1.82, 2.24) is 0 Å². The van der Waals surface area contributed by atoms with E-state index in [-0.39, 0.29) is 12.0 Å². The molecule has 1 fully saturated rings. The minimum absolute atomic E-state index is 0.0576. The number of carboxylic acid groups (broad SMARTS) is 1. The molecule has 0 unspecified atom stereocenters. The number of aliphatic hydroxyl groups excluding tert-OH is 1. The van der Waals surface area contributed by atoms with Crippen LogP contribution in [0.15, 0.2) is 0 Å². The van der Waals surface area contributed by atoms with Gasteiger partial charge in [0.1, 0.15) is 0 Å². The van der Waals surface area contributed by atoms with Gasteiger partial charge in [-0.1, -0.05) is 13.8 Å². The first kappa shape index (κ1) is 9.52. The van der Waals surface area contributed by atoms with E-state index in [2.05, 4.69) is 0 Å². The third-order valence-corrected chi connectivity index (χ3v) is 2.55. The second-order valence-corrected chi connectivity index (χ2v) is 4.58. The van der Waals surface area contributed by atoms with Crippen LogP contribution in [0.1, 0.15) is 33.1 Å². The summed E-state index contributed by atoms with van der Waals surface area (Å²) in [5, 5.41) is 17.9.